The minimum Gasteiger partial charge on any atom is -0.299 e. The first-order valence-corrected chi connectivity index (χ1v) is 12.7. The number of benzene rings is 2. The van der Waals surface area contributed by atoms with Crippen molar-refractivity contribution in [3.63, 3.8) is 0 Å². The molecule has 1 aromatic heterocycles. The standard InChI is InChI=1S/C23H23BrClN5OS/c24-20-9-5-4-6-17(20)14-26-27-21(31)15-32-23-29-28-22(16-10-12-18(25)13-11-16)30(23)19-7-2-1-3-8-19/h4-6,9-14,19H,1-3,7-8,15H2,(H,27,31)/b26-14+. The van der Waals surface area contributed by atoms with Crippen molar-refractivity contribution in [1.82, 2.24) is 20.2 Å². The smallest absolute Gasteiger partial charge is 0.250 e. The summed E-state index contributed by atoms with van der Waals surface area (Å²) in [5.74, 6) is 0.839. The number of halogens is 2. The predicted octanol–water partition coefficient (Wildman–Crippen LogP) is 6.11. The van der Waals surface area contributed by atoms with E-state index in [1.807, 2.05) is 48.5 Å². The van der Waals surface area contributed by atoms with E-state index in [0.717, 1.165) is 39.4 Å². The number of hydrogen-bond acceptors (Lipinski definition) is 5. The number of hydrogen-bond donors (Lipinski definition) is 1. The van der Waals surface area contributed by atoms with Crippen molar-refractivity contribution in [2.24, 2.45) is 5.10 Å². The number of amides is 1. The monoisotopic (exact) mass is 531 g/mol. The number of nitrogens with one attached hydrogen (secondary N) is 1. The molecule has 1 fully saturated rings. The van der Waals surface area contributed by atoms with Crippen LogP contribution in [0.4, 0.5) is 0 Å². The third-order valence-corrected chi connectivity index (χ3v) is 7.25. The molecular weight excluding hydrogens is 510 g/mol. The van der Waals surface area contributed by atoms with E-state index in [0.29, 0.717) is 11.1 Å². The van der Waals surface area contributed by atoms with Gasteiger partial charge in [-0.1, -0.05) is 76.8 Å². The summed E-state index contributed by atoms with van der Waals surface area (Å²) in [4.78, 5) is 12.4. The number of nitrogens with zero attached hydrogens (tertiary/aromatic N) is 4. The first kappa shape index (κ1) is 23.0. The fourth-order valence-corrected chi connectivity index (χ4v) is 5.07. The van der Waals surface area contributed by atoms with Gasteiger partial charge in [0.25, 0.3) is 5.91 Å². The molecule has 9 heteroatoms. The maximum Gasteiger partial charge on any atom is 0.250 e. The van der Waals surface area contributed by atoms with Crippen molar-refractivity contribution in [1.29, 1.82) is 0 Å². The van der Waals surface area contributed by atoms with Gasteiger partial charge < -0.3 is 0 Å². The molecule has 3 aromatic rings. The van der Waals surface area contributed by atoms with E-state index >= 15 is 0 Å². The highest BCUT2D eigenvalue weighted by Gasteiger charge is 2.24. The molecular formula is C23H23BrClN5OS. The van der Waals surface area contributed by atoms with Crippen LogP contribution in [-0.2, 0) is 4.79 Å². The molecule has 1 aliphatic rings. The first-order valence-electron chi connectivity index (χ1n) is 10.5. The van der Waals surface area contributed by atoms with Gasteiger partial charge in [-0.2, -0.15) is 5.10 Å². The van der Waals surface area contributed by atoms with Crippen molar-refractivity contribution in [2.75, 3.05) is 5.75 Å². The summed E-state index contributed by atoms with van der Waals surface area (Å²) >= 11 is 10.9. The minimum absolute atomic E-state index is 0.190. The van der Waals surface area contributed by atoms with Crippen LogP contribution in [0.1, 0.15) is 43.7 Å². The zero-order valence-corrected chi connectivity index (χ0v) is 20.5. The number of carbonyl (C=O) groups excluding carboxylic acids is 1. The Bertz CT molecular complexity index is 1100. The minimum atomic E-state index is -0.190. The van der Waals surface area contributed by atoms with Crippen LogP contribution in [0.15, 0.2) is 63.3 Å². The van der Waals surface area contributed by atoms with E-state index in [1.54, 1.807) is 6.21 Å². The van der Waals surface area contributed by atoms with Crippen LogP contribution in [0.2, 0.25) is 5.02 Å². The Labute approximate surface area is 205 Å². The van der Waals surface area contributed by atoms with Gasteiger partial charge in [0.15, 0.2) is 11.0 Å². The molecule has 2 aromatic carbocycles. The third-order valence-electron chi connectivity index (χ3n) is 5.34. The highest BCUT2D eigenvalue weighted by molar-refractivity contribution is 9.10. The van der Waals surface area contributed by atoms with Gasteiger partial charge in [-0.15, -0.1) is 10.2 Å². The second-order valence-electron chi connectivity index (χ2n) is 7.58. The summed E-state index contributed by atoms with van der Waals surface area (Å²) in [6.07, 6.45) is 7.45. The molecule has 0 unspecified atom stereocenters. The Balaban J connectivity index is 1.46. The van der Waals surface area contributed by atoms with Crippen molar-refractivity contribution in [3.05, 3.63) is 63.6 Å². The Hall–Kier alpha value is -2.16. The van der Waals surface area contributed by atoms with Gasteiger partial charge in [0.2, 0.25) is 0 Å². The van der Waals surface area contributed by atoms with E-state index < -0.39 is 0 Å². The fraction of sp³-hybridized carbons (Fsp3) is 0.304. The first-order chi connectivity index (χ1) is 15.6. The molecule has 6 nitrogen and oxygen atoms in total. The summed E-state index contributed by atoms with van der Waals surface area (Å²) in [6.45, 7) is 0. The van der Waals surface area contributed by atoms with Crippen molar-refractivity contribution in [3.8, 4) is 11.4 Å². The summed E-state index contributed by atoms with van der Waals surface area (Å²) in [7, 11) is 0. The van der Waals surface area contributed by atoms with Gasteiger partial charge in [0.05, 0.1) is 12.0 Å². The highest BCUT2D eigenvalue weighted by Crippen LogP contribution is 2.35. The molecule has 32 heavy (non-hydrogen) atoms. The average molecular weight is 533 g/mol. The molecule has 0 atom stereocenters. The van der Waals surface area contributed by atoms with Gasteiger partial charge in [0, 0.05) is 26.7 Å². The average Bonchev–Trinajstić information content (AvgIpc) is 3.24. The zero-order chi connectivity index (χ0) is 22.3. The van der Waals surface area contributed by atoms with Crippen LogP contribution in [0.5, 0.6) is 0 Å². The number of aromatic nitrogens is 3. The maximum absolute atomic E-state index is 12.4. The van der Waals surface area contributed by atoms with E-state index in [2.05, 4.69) is 41.2 Å². The lowest BCUT2D eigenvalue weighted by Crippen LogP contribution is -2.20. The Morgan fingerprint density at radius 1 is 1.16 bits per heavy atom. The molecule has 0 spiro atoms. The Morgan fingerprint density at radius 3 is 2.66 bits per heavy atom. The normalized spacial score (nSPS) is 14.7. The molecule has 1 heterocycles. The molecule has 4 rings (SSSR count). The molecule has 0 bridgehead atoms. The second kappa shape index (κ2) is 11.1. The largest absolute Gasteiger partial charge is 0.299 e. The topological polar surface area (TPSA) is 72.2 Å². The van der Waals surface area contributed by atoms with Gasteiger partial charge >= 0.3 is 0 Å². The summed E-state index contributed by atoms with van der Waals surface area (Å²) in [6, 6.07) is 15.7. The van der Waals surface area contributed by atoms with Crippen molar-refractivity contribution >= 4 is 51.4 Å². The Morgan fingerprint density at radius 2 is 1.91 bits per heavy atom. The van der Waals surface area contributed by atoms with Crippen LogP contribution >= 0.6 is 39.3 Å². The maximum atomic E-state index is 12.4. The third kappa shape index (κ3) is 5.79. The van der Waals surface area contributed by atoms with E-state index in [9.17, 15) is 4.79 Å². The molecule has 1 saturated carbocycles. The Kier molecular flexibility index (Phi) is 8.00. The molecule has 1 N–H and O–H groups in total. The zero-order valence-electron chi connectivity index (χ0n) is 17.4. The molecule has 0 saturated heterocycles. The van der Waals surface area contributed by atoms with Crippen LogP contribution in [0.25, 0.3) is 11.4 Å². The summed E-state index contributed by atoms with van der Waals surface area (Å²) in [5.41, 5.74) is 4.46. The lowest BCUT2D eigenvalue weighted by Gasteiger charge is -2.25. The van der Waals surface area contributed by atoms with Crippen molar-refractivity contribution in [2.45, 2.75) is 43.3 Å². The van der Waals surface area contributed by atoms with Gasteiger partial charge in [0.1, 0.15) is 0 Å². The lowest BCUT2D eigenvalue weighted by atomic mass is 9.95. The quantitative estimate of drug-likeness (QED) is 0.226. The van der Waals surface area contributed by atoms with Crippen LogP contribution in [0, 0.1) is 0 Å². The number of carbonyl (C=O) groups is 1. The number of rotatable bonds is 7. The summed E-state index contributed by atoms with van der Waals surface area (Å²) in [5, 5.41) is 14.4. The van der Waals surface area contributed by atoms with Crippen LogP contribution in [-0.4, -0.2) is 32.6 Å². The van der Waals surface area contributed by atoms with Gasteiger partial charge in [-0.25, -0.2) is 5.43 Å². The number of thioether (sulfide) groups is 1. The van der Waals surface area contributed by atoms with Crippen LogP contribution < -0.4 is 5.43 Å². The fourth-order valence-electron chi connectivity index (χ4n) is 3.76. The predicted molar refractivity (Wildman–Crippen MR) is 133 cm³/mol. The molecule has 166 valence electrons. The molecule has 0 aliphatic heterocycles. The molecule has 0 radical (unpaired) electrons. The van der Waals surface area contributed by atoms with E-state index in [4.69, 9.17) is 11.6 Å². The van der Waals surface area contributed by atoms with E-state index in [1.165, 1.54) is 31.0 Å². The van der Waals surface area contributed by atoms with Crippen molar-refractivity contribution < 1.29 is 4.79 Å². The number of hydrazone groups is 1. The van der Waals surface area contributed by atoms with Gasteiger partial charge in [-0.3, -0.25) is 9.36 Å². The lowest BCUT2D eigenvalue weighted by molar-refractivity contribution is -0.118. The molecule has 1 amide bonds. The second-order valence-corrected chi connectivity index (χ2v) is 9.81. The van der Waals surface area contributed by atoms with Gasteiger partial charge in [-0.05, 0) is 43.2 Å². The molecule has 1 aliphatic carbocycles. The highest BCUT2D eigenvalue weighted by atomic mass is 79.9. The van der Waals surface area contributed by atoms with E-state index in [-0.39, 0.29) is 11.7 Å². The van der Waals surface area contributed by atoms with Crippen LogP contribution in [0.3, 0.4) is 0 Å². The SMILES string of the molecule is O=C(CSc1nnc(-c2ccc(Cl)cc2)n1C1CCCCC1)N/N=C/c1ccccc1Br. The summed E-state index contributed by atoms with van der Waals surface area (Å²) < 4.78 is 3.12.